The first kappa shape index (κ1) is 19.9. The van der Waals surface area contributed by atoms with Crippen LogP contribution in [-0.2, 0) is 16.5 Å². The normalized spacial score (nSPS) is 12.8. The molecular formula is C20H21N5O4S. The van der Waals surface area contributed by atoms with Crippen molar-refractivity contribution < 1.29 is 17.7 Å². The van der Waals surface area contributed by atoms with E-state index in [-0.39, 0.29) is 16.3 Å². The Morgan fingerprint density at radius 2 is 1.93 bits per heavy atom. The molecule has 2 heterocycles. The van der Waals surface area contributed by atoms with Crippen molar-refractivity contribution in [1.29, 1.82) is 0 Å². The summed E-state index contributed by atoms with van der Waals surface area (Å²) in [6, 6.07) is 10.8. The van der Waals surface area contributed by atoms with E-state index in [4.69, 9.17) is 4.74 Å². The number of aromatic nitrogens is 2. The quantitative estimate of drug-likeness (QED) is 0.437. The van der Waals surface area contributed by atoms with E-state index in [1.54, 1.807) is 24.4 Å². The van der Waals surface area contributed by atoms with Crippen molar-refractivity contribution in [3.05, 3.63) is 53.7 Å². The maximum absolute atomic E-state index is 12.0. The average molecular weight is 427 g/mol. The second-order valence-corrected chi connectivity index (χ2v) is 8.16. The summed E-state index contributed by atoms with van der Waals surface area (Å²) in [5.41, 5.74) is 3.79. The van der Waals surface area contributed by atoms with E-state index in [0.29, 0.717) is 24.8 Å². The van der Waals surface area contributed by atoms with Crippen molar-refractivity contribution in [3.63, 3.8) is 0 Å². The van der Waals surface area contributed by atoms with E-state index in [0.717, 1.165) is 22.5 Å². The predicted molar refractivity (Wildman–Crippen MR) is 115 cm³/mol. The molecule has 9 nitrogen and oxygen atoms in total. The molecule has 156 valence electrons. The summed E-state index contributed by atoms with van der Waals surface area (Å²) in [7, 11) is -2.66. The summed E-state index contributed by atoms with van der Waals surface area (Å²) in [5.74, 6) is 0.863. The fourth-order valence-electron chi connectivity index (χ4n) is 3.30. The molecule has 0 saturated heterocycles. The summed E-state index contributed by atoms with van der Waals surface area (Å²) in [6.07, 6.45) is 2.13. The monoisotopic (exact) mass is 427 g/mol. The highest BCUT2D eigenvalue weighted by atomic mass is 32.2. The number of hydrogen-bond acceptors (Lipinski definition) is 8. The van der Waals surface area contributed by atoms with Crippen molar-refractivity contribution in [1.82, 2.24) is 9.97 Å². The molecule has 0 radical (unpaired) electrons. The van der Waals surface area contributed by atoms with Gasteiger partial charge in [0.15, 0.2) is 4.90 Å². The van der Waals surface area contributed by atoms with E-state index < -0.39 is 10.1 Å². The molecule has 0 atom stereocenters. The number of rotatable bonds is 6. The van der Waals surface area contributed by atoms with Gasteiger partial charge in [0.1, 0.15) is 11.6 Å². The highest BCUT2D eigenvalue weighted by molar-refractivity contribution is 7.86. The molecule has 1 aliphatic heterocycles. The van der Waals surface area contributed by atoms with Crippen LogP contribution in [0.15, 0.2) is 47.5 Å². The zero-order chi connectivity index (χ0) is 21.3. The number of hydrogen-bond donors (Lipinski definition) is 4. The van der Waals surface area contributed by atoms with Gasteiger partial charge in [0.05, 0.1) is 12.3 Å². The summed E-state index contributed by atoms with van der Waals surface area (Å²) in [4.78, 5) is 8.31. The third-order valence-electron chi connectivity index (χ3n) is 4.75. The number of nitrogens with zero attached hydrogens (tertiary/aromatic N) is 2. The minimum Gasteiger partial charge on any atom is -0.491 e. The summed E-state index contributed by atoms with van der Waals surface area (Å²) < 4.78 is 39.1. The number of ether oxygens (including phenoxy) is 1. The molecule has 10 heteroatoms. The minimum absolute atomic E-state index is 0.175. The molecule has 0 aliphatic carbocycles. The molecule has 4 N–H and O–H groups in total. The van der Waals surface area contributed by atoms with Crippen LogP contribution < -0.4 is 20.7 Å². The average Bonchev–Trinajstić information content (AvgIpc) is 3.17. The summed E-state index contributed by atoms with van der Waals surface area (Å²) in [6.45, 7) is 2.37. The lowest BCUT2D eigenvalue weighted by Gasteiger charge is -2.14. The summed E-state index contributed by atoms with van der Waals surface area (Å²) in [5, 5.41) is 9.19. The van der Waals surface area contributed by atoms with Crippen molar-refractivity contribution in [3.8, 4) is 5.75 Å². The first-order valence-electron chi connectivity index (χ1n) is 9.27. The number of anilines is 5. The second kappa shape index (κ2) is 7.81. The second-order valence-electron chi connectivity index (χ2n) is 6.80. The third-order valence-corrected chi connectivity index (χ3v) is 5.67. The van der Waals surface area contributed by atoms with Crippen LogP contribution in [0.1, 0.15) is 11.1 Å². The van der Waals surface area contributed by atoms with E-state index in [9.17, 15) is 13.0 Å². The fraction of sp³-hybridized carbons (Fsp3) is 0.200. The Bertz CT molecular complexity index is 1210. The minimum atomic E-state index is -4.50. The van der Waals surface area contributed by atoms with Gasteiger partial charge in [0, 0.05) is 31.0 Å². The van der Waals surface area contributed by atoms with Crippen LogP contribution >= 0.6 is 0 Å². The molecule has 0 unspecified atom stereocenters. The van der Waals surface area contributed by atoms with Gasteiger partial charge in [-0.25, -0.2) is 4.98 Å². The molecule has 0 amide bonds. The van der Waals surface area contributed by atoms with E-state index >= 15 is 0 Å². The van der Waals surface area contributed by atoms with Crippen molar-refractivity contribution >= 4 is 38.9 Å². The Morgan fingerprint density at radius 1 is 1.10 bits per heavy atom. The molecule has 3 aromatic rings. The Balaban J connectivity index is 1.63. The van der Waals surface area contributed by atoms with Crippen LogP contribution in [0, 0.1) is 6.92 Å². The lowest BCUT2D eigenvalue weighted by Crippen LogP contribution is -2.07. The van der Waals surface area contributed by atoms with E-state index in [1.807, 2.05) is 32.2 Å². The zero-order valence-corrected chi connectivity index (χ0v) is 17.2. The Kier molecular flexibility index (Phi) is 5.18. The zero-order valence-electron chi connectivity index (χ0n) is 16.4. The number of nitrogens with one attached hydrogen (secondary N) is 3. The van der Waals surface area contributed by atoms with Gasteiger partial charge >= 0.3 is 0 Å². The Hall–Kier alpha value is -3.37. The topological polar surface area (TPSA) is 125 Å². The maximum atomic E-state index is 12.0. The van der Waals surface area contributed by atoms with Gasteiger partial charge in [-0.15, -0.1) is 0 Å². The largest absolute Gasteiger partial charge is 0.491 e. The molecular weight excluding hydrogens is 406 g/mol. The Labute approximate surface area is 174 Å². The molecule has 2 aromatic carbocycles. The van der Waals surface area contributed by atoms with Gasteiger partial charge in [-0.05, 0) is 42.3 Å². The van der Waals surface area contributed by atoms with E-state index in [2.05, 4.69) is 25.9 Å². The maximum Gasteiger partial charge on any atom is 0.300 e. The molecule has 0 saturated carbocycles. The summed E-state index contributed by atoms with van der Waals surface area (Å²) >= 11 is 0. The number of benzene rings is 2. The Morgan fingerprint density at radius 3 is 2.70 bits per heavy atom. The predicted octanol–water partition coefficient (Wildman–Crippen LogP) is 3.50. The number of fused-ring (bicyclic) bond motifs is 1. The van der Waals surface area contributed by atoms with Crippen molar-refractivity contribution in [2.75, 3.05) is 29.6 Å². The standard InChI is InChI=1S/C20H21N5O4S/c1-12-3-5-14(11-16(12)21-2)23-20-22-9-7-17(25-20)24-15-6-4-13-8-10-29-18(13)19(15)30(26,27)28/h3-7,9,11,21H,8,10H2,1-2H3,(H,26,27,28)(H2,22,23,24,25). The molecule has 0 bridgehead atoms. The van der Waals surface area contributed by atoms with E-state index in [1.165, 1.54) is 0 Å². The van der Waals surface area contributed by atoms with Gasteiger partial charge < -0.3 is 20.7 Å². The van der Waals surface area contributed by atoms with Crippen LogP contribution in [0.2, 0.25) is 0 Å². The lowest BCUT2D eigenvalue weighted by atomic mass is 10.1. The number of aryl methyl sites for hydroxylation is 1. The molecule has 1 aliphatic rings. The molecule has 0 fully saturated rings. The van der Waals surface area contributed by atoms with Crippen molar-refractivity contribution in [2.24, 2.45) is 0 Å². The molecule has 1 aromatic heterocycles. The fourth-order valence-corrected chi connectivity index (χ4v) is 4.12. The van der Waals surface area contributed by atoms with Crippen LogP contribution in [0.3, 0.4) is 0 Å². The SMILES string of the molecule is CNc1cc(Nc2nccc(Nc3ccc4c(c3S(=O)(=O)O)OCC4)n2)ccc1C. The van der Waals surface area contributed by atoms with Gasteiger partial charge in [-0.2, -0.15) is 13.4 Å². The van der Waals surface area contributed by atoms with Gasteiger partial charge in [0.2, 0.25) is 5.95 Å². The van der Waals surface area contributed by atoms with Crippen LogP contribution in [-0.4, -0.2) is 36.6 Å². The first-order chi connectivity index (χ1) is 14.3. The third kappa shape index (κ3) is 4.00. The molecule has 0 spiro atoms. The van der Waals surface area contributed by atoms with Gasteiger partial charge in [0.25, 0.3) is 10.1 Å². The van der Waals surface area contributed by atoms with Crippen LogP contribution in [0.4, 0.5) is 28.8 Å². The van der Waals surface area contributed by atoms with Gasteiger partial charge in [-0.1, -0.05) is 12.1 Å². The first-order valence-corrected chi connectivity index (χ1v) is 10.7. The van der Waals surface area contributed by atoms with Gasteiger partial charge in [-0.3, -0.25) is 4.55 Å². The van der Waals surface area contributed by atoms with Crippen LogP contribution in [0.5, 0.6) is 5.75 Å². The highest BCUT2D eigenvalue weighted by Crippen LogP contribution is 2.39. The smallest absolute Gasteiger partial charge is 0.300 e. The van der Waals surface area contributed by atoms with Crippen LogP contribution in [0.25, 0.3) is 0 Å². The molecule has 30 heavy (non-hydrogen) atoms. The molecule has 4 rings (SSSR count). The van der Waals surface area contributed by atoms with Crippen molar-refractivity contribution in [2.45, 2.75) is 18.2 Å². The lowest BCUT2D eigenvalue weighted by molar-refractivity contribution is 0.347. The highest BCUT2D eigenvalue weighted by Gasteiger charge is 2.28.